The Morgan fingerprint density at radius 2 is 0.968 bits per heavy atom. The third-order valence-electron chi connectivity index (χ3n) is 23.1. The summed E-state index contributed by atoms with van der Waals surface area (Å²) in [7, 11) is 5.28. The Labute approximate surface area is 749 Å². The van der Waals surface area contributed by atoms with Crippen molar-refractivity contribution in [1.82, 2.24) is 30.2 Å². The minimum Gasteiger partial charge on any atom is -0.469 e. The number of nitrogens with zero attached hydrogens (tertiary/aromatic N) is 7. The molecule has 0 radical (unpaired) electrons. The first-order chi connectivity index (χ1) is 58.2. The molecule has 2 aliphatic heterocycles. The van der Waals surface area contributed by atoms with Gasteiger partial charge in [-0.3, -0.25) is 58.2 Å². The first kappa shape index (κ1) is 110. The fraction of sp³-hybridized carbons (Fsp3) is 0.638. The molecule has 1 N–H and O–H groups in total. The first-order valence-electron chi connectivity index (χ1n) is 46.7. The van der Waals surface area contributed by atoms with Crippen LogP contribution in [0.5, 0.6) is 0 Å². The van der Waals surface area contributed by atoms with Gasteiger partial charge in [-0.2, -0.15) is 5.10 Å². The number of carbonyl (C=O) groups excluding carboxylic acids is 9. The number of anilines is 1. The topological polar surface area (TPSA) is 237 Å². The van der Waals surface area contributed by atoms with Crippen LogP contribution < -0.4 is 10.3 Å². The highest BCUT2D eigenvalue weighted by Crippen LogP contribution is 2.36. The molecule has 1 saturated heterocycles. The zero-order chi connectivity index (χ0) is 93.5. The molecule has 3 amide bonds. The van der Waals surface area contributed by atoms with E-state index in [0.717, 1.165) is 73.9 Å². The Kier molecular flexibility index (Phi) is 49.3. The number of nitrogens with one attached hydrogen (secondary N) is 1. The average Bonchev–Trinajstić information content (AvgIpc) is 0.979. The van der Waals surface area contributed by atoms with Crippen molar-refractivity contribution in [3.05, 3.63) is 159 Å². The summed E-state index contributed by atoms with van der Waals surface area (Å²) in [4.78, 5) is 114. The van der Waals surface area contributed by atoms with E-state index >= 15 is 0 Å². The number of hydrogen-bond acceptors (Lipinski definition) is 16. The number of likely N-dealkylation sites (tertiary alicyclic amines) is 1. The maximum Gasteiger partial charge on any atom is 0.308 e. The monoisotopic (exact) mass is 1710 g/mol. The number of amides is 3. The fourth-order valence-corrected chi connectivity index (χ4v) is 15.4. The number of esters is 1. The van der Waals surface area contributed by atoms with Crippen LogP contribution in [-0.2, 0) is 41.6 Å². The largest absolute Gasteiger partial charge is 0.469 e. The minimum absolute atomic E-state index is 0.00463. The molecule has 2 atom stereocenters. The molecule has 4 aromatic carbocycles. The second-order valence-corrected chi connectivity index (χ2v) is 39.3. The van der Waals surface area contributed by atoms with Gasteiger partial charge in [0.2, 0.25) is 11.8 Å². The number of allylic oxidation sites excluding steroid dienone is 2. The highest BCUT2D eigenvalue weighted by molar-refractivity contribution is 6.05. The van der Waals surface area contributed by atoms with E-state index in [-0.39, 0.29) is 101 Å². The molecule has 3 aliphatic rings. The quantitative estimate of drug-likeness (QED) is 0.0167. The zero-order valence-electron chi connectivity index (χ0n) is 82.3. The second kappa shape index (κ2) is 55.8. The van der Waals surface area contributed by atoms with Crippen LogP contribution in [0.3, 0.4) is 0 Å². The number of imide groups is 1. The van der Waals surface area contributed by atoms with Gasteiger partial charge < -0.3 is 19.3 Å². The molecular formula is C105H164N8O11. The van der Waals surface area contributed by atoms with E-state index in [4.69, 9.17) is 9.84 Å². The van der Waals surface area contributed by atoms with E-state index in [9.17, 15) is 43.2 Å². The third kappa shape index (κ3) is 38.3. The van der Waals surface area contributed by atoms with Crippen molar-refractivity contribution in [2.75, 3.05) is 39.4 Å². The number of hydrogen-bond donors (Lipinski definition) is 1. The molecule has 5 aromatic rings. The number of rotatable bonds is 38. The smallest absolute Gasteiger partial charge is 0.308 e. The number of aryl methyl sites for hydroxylation is 2. The lowest BCUT2D eigenvalue weighted by Crippen LogP contribution is -2.34. The van der Waals surface area contributed by atoms with E-state index in [1.54, 1.807) is 72.4 Å². The maximum atomic E-state index is 12.8. The van der Waals surface area contributed by atoms with E-state index < -0.39 is 0 Å². The summed E-state index contributed by atoms with van der Waals surface area (Å²) in [5.74, 6) is 5.12. The average molecular weight is 1710 g/mol. The molecule has 19 nitrogen and oxygen atoms in total. The van der Waals surface area contributed by atoms with Crippen LogP contribution in [0.25, 0.3) is 0 Å². The van der Waals surface area contributed by atoms with Crippen LogP contribution >= 0.6 is 0 Å². The van der Waals surface area contributed by atoms with Gasteiger partial charge in [-0.05, 0) is 206 Å². The lowest BCUT2D eigenvalue weighted by Gasteiger charge is -2.30. The third-order valence-corrected chi connectivity index (χ3v) is 23.1. The van der Waals surface area contributed by atoms with Crippen molar-refractivity contribution in [1.29, 1.82) is 0 Å². The van der Waals surface area contributed by atoms with Crippen molar-refractivity contribution < 1.29 is 52.6 Å². The lowest BCUT2D eigenvalue weighted by molar-refractivity contribution is -0.146. The SMILES string of the molecule is CC(C)CC(CC(C)C)C(=O)c1ccc(C(=O)C(C)C)cc1.CC(C)CC(CC(C)C)C(=O)c1ccc(C(=O)N(C)C(C)C)cc1.CC(C)CC(CC(C)C)C(=O)c1ccc(N(C)C(C)C)cc1.CC(C)c1cn(CCCOCN2C(=O)CC(C(C)C)C2=O)nn1.CC1=C2CCCCCCC2C(c2ccc(CCC(=O)C(C)C)cc2)=NN1.COC(=O)C(C)C. The number of aromatic nitrogens is 3. The Morgan fingerprint density at radius 1 is 0.524 bits per heavy atom. The summed E-state index contributed by atoms with van der Waals surface area (Å²) in [6.45, 7) is 57.1. The maximum absolute atomic E-state index is 12.8. The molecule has 2 unspecified atom stereocenters. The number of ether oxygens (including phenoxy) is 2. The summed E-state index contributed by atoms with van der Waals surface area (Å²) >= 11 is 0. The van der Waals surface area contributed by atoms with E-state index in [2.05, 4.69) is 187 Å². The van der Waals surface area contributed by atoms with E-state index in [1.807, 2.05) is 85.9 Å². The number of hydrazone groups is 1. The molecule has 19 heteroatoms. The molecule has 1 aromatic heterocycles. The van der Waals surface area contributed by atoms with Gasteiger partial charge in [-0.25, -0.2) is 0 Å². The minimum atomic E-state index is -0.198. The van der Waals surface area contributed by atoms with Crippen LogP contribution in [0.4, 0.5) is 5.69 Å². The molecule has 0 spiro atoms. The van der Waals surface area contributed by atoms with Crippen LogP contribution in [-0.4, -0.2) is 130 Å². The molecule has 0 bridgehead atoms. The van der Waals surface area contributed by atoms with Gasteiger partial charge in [0, 0.05) is 132 Å². The van der Waals surface area contributed by atoms with Crippen molar-refractivity contribution >= 4 is 64.0 Å². The number of fused-ring (bicyclic) bond motifs is 1. The van der Waals surface area contributed by atoms with Crippen LogP contribution in [0, 0.1) is 88.8 Å². The Bertz CT molecular complexity index is 4090. The zero-order valence-corrected chi connectivity index (χ0v) is 82.3. The lowest BCUT2D eigenvalue weighted by atomic mass is 9.79. The van der Waals surface area contributed by atoms with Crippen LogP contribution in [0.2, 0.25) is 0 Å². The summed E-state index contributed by atoms with van der Waals surface area (Å²) in [5, 5.41) is 12.9. The Morgan fingerprint density at radius 3 is 1.35 bits per heavy atom. The van der Waals surface area contributed by atoms with Gasteiger partial charge >= 0.3 is 5.97 Å². The fourth-order valence-electron chi connectivity index (χ4n) is 15.4. The standard InChI is InChI=1S/C23H32N2O.C21H33NO2.C20H33NO.C20H30O2.C16H26N4O3.C5H10O2/c1-16(2)22(26)15-12-18-10-13-19(14-11-18)23-21-9-7-5-4-6-8-20(21)17(3)24-25-23;1-14(2)12-19(13-15(3)4)20(23)17-8-10-18(11-9-17)21(24)22(7)16(5)6;1-14(2)12-18(13-15(3)4)20(22)17-8-10-19(11-9-17)21(7)16(5)6;1-13(2)11-18(12-14(3)4)20(22)17-9-7-16(8-10-17)19(21)15(5)6;1-11(2)13-8-15(21)20(16(13)22)10-23-7-5-6-19-9-14(12(3)4)17-18-19;1-4(2)5(6)7-3/h10-11,13-14,16,21,24H,4-9,12,15H2,1-3H3;8-11,14-16,19H,12-13H2,1-7H3;8-11,14-16,18H,12-13H2,1-7H3;7-10,13-15,18H,11-12H2,1-6H3;9,11-13H,5-8,10H2,1-4H3;4H,1-3H3. The number of benzene rings is 4. The van der Waals surface area contributed by atoms with Gasteiger partial charge in [0.05, 0.1) is 31.0 Å². The van der Waals surface area contributed by atoms with Gasteiger partial charge in [0.1, 0.15) is 12.5 Å². The predicted molar refractivity (Wildman–Crippen MR) is 509 cm³/mol. The molecule has 124 heavy (non-hydrogen) atoms. The highest BCUT2D eigenvalue weighted by Gasteiger charge is 2.40. The van der Waals surface area contributed by atoms with Crippen molar-refractivity contribution in [3.8, 4) is 0 Å². The number of methoxy groups -OCH3 is 1. The van der Waals surface area contributed by atoms with Crippen molar-refractivity contribution in [2.24, 2.45) is 93.9 Å². The summed E-state index contributed by atoms with van der Waals surface area (Å²) in [6, 6.07) is 31.8. The predicted octanol–water partition coefficient (Wildman–Crippen LogP) is 23.9. The molecule has 2 fully saturated rings. The van der Waals surface area contributed by atoms with Crippen LogP contribution in [0.15, 0.2) is 120 Å². The van der Waals surface area contributed by atoms with Crippen molar-refractivity contribution in [3.63, 3.8) is 0 Å². The van der Waals surface area contributed by atoms with Crippen molar-refractivity contribution in [2.45, 2.75) is 314 Å². The Balaban J connectivity index is 0.000000392. The van der Waals surface area contributed by atoms with Gasteiger partial charge in [0.15, 0.2) is 23.1 Å². The highest BCUT2D eigenvalue weighted by atomic mass is 16.5. The van der Waals surface area contributed by atoms with E-state index in [1.165, 1.54) is 73.1 Å². The molecule has 8 rings (SSSR count). The number of ketones is 5. The molecule has 690 valence electrons. The first-order valence-corrected chi connectivity index (χ1v) is 46.7. The number of carbonyl (C=O) groups is 9. The molecular weight excluding hydrogens is 1550 g/mol. The van der Waals surface area contributed by atoms with Gasteiger partial charge in [0.25, 0.3) is 5.91 Å². The van der Waals surface area contributed by atoms with E-state index in [0.29, 0.717) is 108 Å². The molecule has 1 aliphatic carbocycles. The summed E-state index contributed by atoms with van der Waals surface area (Å²) in [6.07, 6.45) is 17.7. The summed E-state index contributed by atoms with van der Waals surface area (Å²) < 4.78 is 11.6. The molecule has 3 heterocycles. The number of Topliss-reactive ketones (excluding diaryl/α,β-unsaturated/α-hetero) is 5. The normalized spacial score (nSPS) is 14.8. The van der Waals surface area contributed by atoms with Crippen LogP contribution in [0.1, 0.15) is 358 Å². The molecule has 1 saturated carbocycles. The Hall–Kier alpha value is -8.58. The van der Waals surface area contributed by atoms with Gasteiger partial charge in [-0.1, -0.05) is 237 Å². The second-order valence-electron chi connectivity index (χ2n) is 39.3. The van der Waals surface area contributed by atoms with Gasteiger partial charge in [-0.15, -0.1) is 5.10 Å². The summed E-state index contributed by atoms with van der Waals surface area (Å²) in [5.41, 5.74) is 15.5.